The molecule has 0 aliphatic heterocycles. The monoisotopic (exact) mass is 633 g/mol. The number of aromatic nitrogens is 3. The average molecular weight is 634 g/mol. The maximum absolute atomic E-state index is 2.34. The van der Waals surface area contributed by atoms with E-state index in [1.807, 2.05) is 0 Å². The van der Waals surface area contributed by atoms with E-state index in [9.17, 15) is 0 Å². The topological polar surface area (TPSA) is 14.9 Å². The van der Waals surface area contributed by atoms with Crippen LogP contribution < -0.4 is 18.6 Å². The molecule has 0 saturated carbocycles. The lowest BCUT2D eigenvalue weighted by molar-refractivity contribution is -0.698. The number of rotatable bonds is 22. The van der Waals surface area contributed by atoms with Crippen LogP contribution in [0.25, 0.3) is 23.3 Å². The number of benzene rings is 1. The lowest BCUT2D eigenvalue weighted by Crippen LogP contribution is -2.33. The maximum atomic E-state index is 2.34. The number of aryl methyl sites for hydroxylation is 3. The molecule has 0 amide bonds. The summed E-state index contributed by atoms with van der Waals surface area (Å²) in [6.45, 7) is 5.58. The van der Waals surface area contributed by atoms with Gasteiger partial charge in [-0.1, -0.05) is 82.6 Å². The third-order valence-corrected chi connectivity index (χ3v) is 9.26. The second-order valence-corrected chi connectivity index (χ2v) is 13.4. The fourth-order valence-corrected chi connectivity index (χ4v) is 6.13. The molecule has 0 unspecified atom stereocenters. The summed E-state index contributed by atoms with van der Waals surface area (Å²) < 4.78 is 6.98. The molecule has 1 aromatic carbocycles. The van der Waals surface area contributed by atoms with Crippen molar-refractivity contribution in [2.75, 3.05) is 19.0 Å². The van der Waals surface area contributed by atoms with E-state index in [2.05, 4.69) is 150 Å². The van der Waals surface area contributed by atoms with Crippen molar-refractivity contribution >= 4 is 17.8 Å². The van der Waals surface area contributed by atoms with Gasteiger partial charge in [-0.2, -0.15) is 0 Å². The Morgan fingerprint density at radius 2 is 0.766 bits per heavy atom. The van der Waals surface area contributed by atoms with Gasteiger partial charge in [0.05, 0.1) is 0 Å². The number of hydrogen-bond donors (Lipinski definition) is 0. The smallest absolute Gasteiger partial charge is 0.169 e. The number of nitrogens with zero attached hydrogens (tertiary/aromatic N) is 4. The Balaban J connectivity index is 1.05. The molecule has 0 fully saturated rings. The third kappa shape index (κ3) is 13.8. The minimum absolute atomic E-state index is 1.08. The van der Waals surface area contributed by atoms with E-state index in [-0.39, 0.29) is 0 Å². The van der Waals surface area contributed by atoms with Crippen molar-refractivity contribution in [1.29, 1.82) is 0 Å². The Morgan fingerprint density at radius 3 is 1.15 bits per heavy atom. The first-order valence-electron chi connectivity index (χ1n) is 18.5. The first-order chi connectivity index (χ1) is 23.1. The fraction of sp³-hybridized carbons (Fsp3) is 0.465. The summed E-state index contributed by atoms with van der Waals surface area (Å²) in [7, 11) is 4.14. The minimum atomic E-state index is 1.08. The highest BCUT2D eigenvalue weighted by Crippen LogP contribution is 2.17. The molecule has 3 aromatic heterocycles. The Kier molecular flexibility index (Phi) is 16.2. The van der Waals surface area contributed by atoms with Crippen LogP contribution in [0.1, 0.15) is 108 Å². The number of pyridine rings is 3. The largest absolute Gasteiger partial charge is 0.378 e. The molecule has 0 aliphatic carbocycles. The Morgan fingerprint density at radius 1 is 0.426 bits per heavy atom. The summed E-state index contributed by atoms with van der Waals surface area (Å²) >= 11 is 0. The molecular weight excluding hydrogens is 573 g/mol. The molecule has 4 heteroatoms. The lowest BCUT2D eigenvalue weighted by atomic mass is 10.1. The molecule has 4 nitrogen and oxygen atoms in total. The second kappa shape index (κ2) is 21.2. The predicted molar refractivity (Wildman–Crippen MR) is 199 cm³/mol. The van der Waals surface area contributed by atoms with Gasteiger partial charge in [0.15, 0.2) is 37.2 Å². The van der Waals surface area contributed by atoms with Crippen LogP contribution in [0.15, 0.2) is 97.8 Å². The van der Waals surface area contributed by atoms with E-state index in [1.165, 1.54) is 118 Å². The van der Waals surface area contributed by atoms with Crippen molar-refractivity contribution in [3.63, 3.8) is 0 Å². The Hall–Kier alpha value is -3.79. The summed E-state index contributed by atoms with van der Waals surface area (Å²) in [6, 6.07) is 22.1. The Bertz CT molecular complexity index is 1410. The molecule has 0 radical (unpaired) electrons. The van der Waals surface area contributed by atoms with Crippen LogP contribution in [-0.4, -0.2) is 14.1 Å². The van der Waals surface area contributed by atoms with E-state index in [1.54, 1.807) is 0 Å². The van der Waals surface area contributed by atoms with Crippen molar-refractivity contribution < 1.29 is 13.7 Å². The Labute approximate surface area is 286 Å². The zero-order chi connectivity index (χ0) is 32.9. The highest BCUT2D eigenvalue weighted by atomic mass is 15.1. The van der Waals surface area contributed by atoms with Crippen LogP contribution in [0.3, 0.4) is 0 Å². The lowest BCUT2D eigenvalue weighted by Gasteiger charge is -2.11. The summed E-state index contributed by atoms with van der Waals surface area (Å²) in [5.41, 5.74) is 6.27. The first kappa shape index (κ1) is 36.1. The maximum Gasteiger partial charge on any atom is 0.169 e. The quantitative estimate of drug-likeness (QED) is 0.0621. The molecule has 4 rings (SSSR count). The van der Waals surface area contributed by atoms with E-state index in [0.717, 1.165) is 19.6 Å². The molecule has 4 aromatic rings. The van der Waals surface area contributed by atoms with E-state index >= 15 is 0 Å². The van der Waals surface area contributed by atoms with Crippen molar-refractivity contribution in [1.82, 2.24) is 0 Å². The van der Waals surface area contributed by atoms with E-state index < -0.39 is 0 Å². The predicted octanol–water partition coefficient (Wildman–Crippen LogP) is 9.63. The average Bonchev–Trinajstić information content (AvgIpc) is 3.11. The molecule has 0 bridgehead atoms. The van der Waals surface area contributed by atoms with Gasteiger partial charge in [0.1, 0.15) is 19.6 Å². The standard InChI is InChI=1S/C43H61N4/c1-4-5-6-7-8-9-10-11-12-15-31-46-35-26-41(27-36-46)42-28-37-47(38-29-42)32-17-14-13-16-30-45-33-24-40(25-34-45)19-18-39-20-22-43(23-21-39)44(2)3/h18-29,33-38H,4-17,30-32H2,1-3H3/q+3. The van der Waals surface area contributed by atoms with Crippen LogP contribution >= 0.6 is 0 Å². The van der Waals surface area contributed by atoms with Gasteiger partial charge in [0, 0.05) is 75.4 Å². The number of anilines is 1. The molecule has 3 heterocycles. The van der Waals surface area contributed by atoms with Gasteiger partial charge in [-0.3, -0.25) is 0 Å². The molecule has 0 aliphatic rings. The number of hydrogen-bond acceptors (Lipinski definition) is 1. The highest BCUT2D eigenvalue weighted by molar-refractivity contribution is 5.70. The summed E-state index contributed by atoms with van der Waals surface area (Å²) in [5.74, 6) is 0. The third-order valence-electron chi connectivity index (χ3n) is 9.26. The minimum Gasteiger partial charge on any atom is -0.378 e. The highest BCUT2D eigenvalue weighted by Gasteiger charge is 2.07. The summed E-state index contributed by atoms with van der Waals surface area (Å²) in [6.07, 6.45) is 36.6. The summed E-state index contributed by atoms with van der Waals surface area (Å²) in [5, 5.41) is 0. The molecule has 250 valence electrons. The van der Waals surface area contributed by atoms with Gasteiger partial charge in [-0.25, -0.2) is 13.7 Å². The SMILES string of the molecule is CCCCCCCCCCCC[n+]1ccc(-c2cc[n+](CCCCCC[n+]3ccc(/C=C/c4ccc(N(C)C)cc4)cc3)cc2)cc1. The molecular formula is C43H61N4+3. The van der Waals surface area contributed by atoms with Gasteiger partial charge in [-0.15, -0.1) is 0 Å². The van der Waals surface area contributed by atoms with Crippen molar-refractivity contribution in [2.24, 2.45) is 0 Å². The zero-order valence-corrected chi connectivity index (χ0v) is 29.7. The number of unbranched alkanes of at least 4 members (excludes halogenated alkanes) is 12. The van der Waals surface area contributed by atoms with Crippen molar-refractivity contribution in [2.45, 2.75) is 116 Å². The van der Waals surface area contributed by atoms with Crippen LogP contribution in [0.5, 0.6) is 0 Å². The molecule has 0 saturated heterocycles. The first-order valence-corrected chi connectivity index (χ1v) is 18.5. The molecule has 0 N–H and O–H groups in total. The summed E-state index contributed by atoms with van der Waals surface area (Å²) in [4.78, 5) is 2.12. The van der Waals surface area contributed by atoms with Crippen LogP contribution in [0.2, 0.25) is 0 Å². The van der Waals surface area contributed by atoms with Gasteiger partial charge in [-0.05, 0) is 53.6 Å². The van der Waals surface area contributed by atoms with E-state index in [0.29, 0.717) is 0 Å². The van der Waals surface area contributed by atoms with Crippen LogP contribution in [0.4, 0.5) is 5.69 Å². The van der Waals surface area contributed by atoms with Gasteiger partial charge in [0.25, 0.3) is 0 Å². The molecule has 0 atom stereocenters. The second-order valence-electron chi connectivity index (χ2n) is 13.4. The van der Waals surface area contributed by atoms with Crippen molar-refractivity contribution in [3.8, 4) is 11.1 Å². The zero-order valence-electron chi connectivity index (χ0n) is 29.7. The molecule has 0 spiro atoms. The molecule has 47 heavy (non-hydrogen) atoms. The fourth-order valence-electron chi connectivity index (χ4n) is 6.13. The van der Waals surface area contributed by atoms with Crippen LogP contribution in [-0.2, 0) is 19.6 Å². The van der Waals surface area contributed by atoms with Gasteiger partial charge in [0.2, 0.25) is 0 Å². The van der Waals surface area contributed by atoms with Gasteiger partial charge < -0.3 is 4.90 Å². The van der Waals surface area contributed by atoms with E-state index in [4.69, 9.17) is 0 Å². The van der Waals surface area contributed by atoms with Crippen molar-refractivity contribution in [3.05, 3.63) is 109 Å². The van der Waals surface area contributed by atoms with Gasteiger partial charge >= 0.3 is 0 Å². The van der Waals surface area contributed by atoms with Crippen LogP contribution in [0, 0.1) is 0 Å². The normalized spacial score (nSPS) is 11.4.